The third-order valence-corrected chi connectivity index (χ3v) is 10.4. The average Bonchev–Trinajstić information content (AvgIpc) is 2.99. The summed E-state index contributed by atoms with van der Waals surface area (Å²) >= 11 is 2.09. The molecule has 0 spiro atoms. The molecule has 116 valence electrons. The van der Waals surface area contributed by atoms with E-state index in [1.165, 1.54) is 0 Å². The van der Waals surface area contributed by atoms with Gasteiger partial charge in [-0.15, -0.1) is 0 Å². The van der Waals surface area contributed by atoms with Gasteiger partial charge in [-0.25, -0.2) is 0 Å². The van der Waals surface area contributed by atoms with E-state index in [0.717, 1.165) is 12.3 Å². The first-order valence-corrected chi connectivity index (χ1v) is 11.1. The van der Waals surface area contributed by atoms with Gasteiger partial charge in [-0.2, -0.15) is 0 Å². The predicted octanol–water partition coefficient (Wildman–Crippen LogP) is -0.854. The van der Waals surface area contributed by atoms with Crippen LogP contribution in [0, 0.1) is 11.8 Å². The number of thioether (sulfide) groups is 1. The van der Waals surface area contributed by atoms with Crippen molar-refractivity contribution < 1.29 is 51.0 Å². The molecule has 0 N–H and O–H groups in total. The maximum Gasteiger partial charge on any atom is 2.00 e. The van der Waals surface area contributed by atoms with Crippen LogP contribution in [0.2, 0.25) is 13.1 Å². The van der Waals surface area contributed by atoms with Crippen LogP contribution in [0.4, 0.5) is 0 Å². The van der Waals surface area contributed by atoms with Gasteiger partial charge in [-0.3, -0.25) is 0 Å². The predicted molar refractivity (Wildman–Crippen MR) is 87.4 cm³/mol. The van der Waals surface area contributed by atoms with Crippen molar-refractivity contribution in [3.05, 3.63) is 55.7 Å². The molecule has 0 aromatic carbocycles. The van der Waals surface area contributed by atoms with E-state index in [2.05, 4.69) is 63.0 Å². The minimum Gasteiger partial charge on any atom is -1.00 e. The van der Waals surface area contributed by atoms with Crippen molar-refractivity contribution in [2.45, 2.75) is 33.4 Å². The first kappa shape index (κ1) is 20.8. The summed E-state index contributed by atoms with van der Waals surface area (Å²) in [6, 6.07) is 0. The standard InChI is InChI=1S/C17H20SSi.2ClH.Zr/c1-10(2)15-17-14-13(18-15)9-12(11-7-5-6-8-11)16(14)19(17,3)4;;;/h5-7,9-10,14H,8H2,1-4H3;2*1H;/q;;;+2/p-2. The maximum atomic E-state index is 2.56. The SMILES string of the molecule is CC(C)C1=C2C3C(=CC(C4=CC=CC4)=C3[Si]2(C)C)S1.[Cl-].[Cl-].[Zr+2]. The largest absolute Gasteiger partial charge is 2.00 e. The second-order valence-electron chi connectivity index (χ2n) is 6.79. The van der Waals surface area contributed by atoms with Gasteiger partial charge in [0.15, 0.2) is 0 Å². The van der Waals surface area contributed by atoms with E-state index in [9.17, 15) is 0 Å². The van der Waals surface area contributed by atoms with Gasteiger partial charge in [-0.1, -0.05) is 67.3 Å². The Labute approximate surface area is 170 Å². The van der Waals surface area contributed by atoms with Crippen molar-refractivity contribution in [1.29, 1.82) is 0 Å². The molecule has 22 heavy (non-hydrogen) atoms. The van der Waals surface area contributed by atoms with Crippen LogP contribution in [0.1, 0.15) is 20.3 Å². The number of hydrogen-bond donors (Lipinski definition) is 0. The quantitative estimate of drug-likeness (QED) is 0.498. The van der Waals surface area contributed by atoms with E-state index >= 15 is 0 Å². The second-order valence-corrected chi connectivity index (χ2v) is 12.2. The van der Waals surface area contributed by atoms with Crippen LogP contribution >= 0.6 is 11.8 Å². The molecule has 0 aromatic heterocycles. The fourth-order valence-corrected chi connectivity index (χ4v) is 10.4. The first-order chi connectivity index (χ1) is 9.01. The van der Waals surface area contributed by atoms with Crippen LogP contribution in [0.15, 0.2) is 55.7 Å². The van der Waals surface area contributed by atoms with E-state index in [-0.39, 0.29) is 51.0 Å². The molecule has 1 fully saturated rings. The Balaban J connectivity index is 0.000000807. The molecule has 2 aliphatic heterocycles. The molecule has 0 aromatic rings. The summed E-state index contributed by atoms with van der Waals surface area (Å²) in [7, 11) is -1.31. The molecule has 1 saturated heterocycles. The summed E-state index contributed by atoms with van der Waals surface area (Å²) in [5.41, 5.74) is 3.17. The van der Waals surface area contributed by atoms with Gasteiger partial charge in [-0.05, 0) is 34.5 Å². The molecule has 1 unspecified atom stereocenters. The minimum absolute atomic E-state index is 0. The van der Waals surface area contributed by atoms with Crippen molar-refractivity contribution in [2.75, 3.05) is 0 Å². The zero-order chi connectivity index (χ0) is 13.4. The van der Waals surface area contributed by atoms with Crippen molar-refractivity contribution in [3.8, 4) is 0 Å². The zero-order valence-electron chi connectivity index (χ0n) is 13.3. The molecule has 2 heterocycles. The fourth-order valence-electron chi connectivity index (χ4n) is 4.08. The average molecular weight is 447 g/mol. The van der Waals surface area contributed by atoms with Crippen molar-refractivity contribution in [1.82, 2.24) is 0 Å². The van der Waals surface area contributed by atoms with Crippen molar-refractivity contribution in [2.24, 2.45) is 11.8 Å². The molecule has 0 radical (unpaired) electrons. The molecule has 2 aliphatic carbocycles. The molecular weight excluding hydrogens is 426 g/mol. The maximum absolute atomic E-state index is 2.56. The summed E-state index contributed by atoms with van der Waals surface area (Å²) in [6.45, 7) is 9.82. The van der Waals surface area contributed by atoms with Crippen LogP contribution < -0.4 is 24.8 Å². The third kappa shape index (κ3) is 2.60. The van der Waals surface area contributed by atoms with E-state index in [0.29, 0.717) is 5.92 Å². The summed E-state index contributed by atoms with van der Waals surface area (Å²) in [6.07, 6.45) is 10.5. The minimum atomic E-state index is -1.31. The van der Waals surface area contributed by atoms with Crippen molar-refractivity contribution in [3.63, 3.8) is 0 Å². The Morgan fingerprint density at radius 1 is 1.18 bits per heavy atom. The third-order valence-electron chi connectivity index (χ3n) is 4.92. The Morgan fingerprint density at radius 3 is 2.41 bits per heavy atom. The summed E-state index contributed by atoms with van der Waals surface area (Å²) < 4.78 is 0. The molecule has 0 amide bonds. The van der Waals surface area contributed by atoms with Crippen LogP contribution in [0.5, 0.6) is 0 Å². The normalized spacial score (nSPS) is 26.0. The number of allylic oxidation sites excluding steroid dienone is 10. The van der Waals surface area contributed by atoms with Gasteiger partial charge < -0.3 is 24.8 Å². The Kier molecular flexibility index (Phi) is 6.54. The Bertz CT molecular complexity index is 654. The molecule has 5 heteroatoms. The van der Waals surface area contributed by atoms with Crippen LogP contribution in [0.3, 0.4) is 0 Å². The molecule has 4 rings (SSSR count). The van der Waals surface area contributed by atoms with Gasteiger partial charge in [0, 0.05) is 10.8 Å². The van der Waals surface area contributed by atoms with Gasteiger partial charge in [0.2, 0.25) is 0 Å². The first-order valence-electron chi connectivity index (χ1n) is 7.26. The molecular formula is C17H20Cl2SSiZr. The molecule has 1 atom stereocenters. The van der Waals surface area contributed by atoms with Crippen LogP contribution in [-0.2, 0) is 26.2 Å². The van der Waals surface area contributed by atoms with E-state index < -0.39 is 8.07 Å². The Hall–Kier alpha value is 0.730. The van der Waals surface area contributed by atoms with E-state index in [1.807, 2.05) is 10.4 Å². The van der Waals surface area contributed by atoms with E-state index in [1.54, 1.807) is 21.0 Å². The monoisotopic (exact) mass is 444 g/mol. The Morgan fingerprint density at radius 2 is 1.86 bits per heavy atom. The number of halogens is 2. The van der Waals surface area contributed by atoms with Gasteiger partial charge in [0.05, 0.1) is 0 Å². The summed E-state index contributed by atoms with van der Waals surface area (Å²) in [4.78, 5) is 3.33. The second kappa shape index (κ2) is 6.92. The number of hydrogen-bond acceptors (Lipinski definition) is 1. The molecule has 0 saturated carbocycles. The zero-order valence-corrected chi connectivity index (χ0v) is 19.1. The van der Waals surface area contributed by atoms with Gasteiger partial charge in [0.1, 0.15) is 8.07 Å². The van der Waals surface area contributed by atoms with Gasteiger partial charge >= 0.3 is 26.2 Å². The smallest absolute Gasteiger partial charge is 1.00 e. The van der Waals surface area contributed by atoms with Gasteiger partial charge in [0.25, 0.3) is 0 Å². The topological polar surface area (TPSA) is 0 Å². The summed E-state index contributed by atoms with van der Waals surface area (Å²) in [5.74, 6) is 1.43. The molecule has 0 nitrogen and oxygen atoms in total. The fraction of sp³-hybridized carbons (Fsp3) is 0.412. The van der Waals surface area contributed by atoms with Crippen LogP contribution in [0.25, 0.3) is 0 Å². The van der Waals surface area contributed by atoms with Crippen molar-refractivity contribution >= 4 is 19.8 Å². The summed E-state index contributed by atoms with van der Waals surface area (Å²) in [5, 5.41) is 3.69. The van der Waals surface area contributed by atoms with E-state index in [4.69, 9.17) is 0 Å². The van der Waals surface area contributed by atoms with Crippen LogP contribution in [-0.4, -0.2) is 8.07 Å². The number of rotatable bonds is 2. The molecule has 4 aliphatic rings. The molecule has 0 bridgehead atoms.